The van der Waals surface area contributed by atoms with Gasteiger partial charge in [-0.15, -0.1) is 0 Å². The number of esters is 1. The summed E-state index contributed by atoms with van der Waals surface area (Å²) < 4.78 is 4.61. The molecule has 2 aromatic carbocycles. The van der Waals surface area contributed by atoms with Crippen molar-refractivity contribution in [3.63, 3.8) is 0 Å². The standard InChI is InChI=1S/C21H18N2O4S/c1-13-4-8-15(9-5-13)19(25)22-21-23(16-10-6-14(2)7-11-16)20(26)17(28-21)12-18(24)27-3/h4-12H,1-3H3/b17-12-,22-21?. The van der Waals surface area contributed by atoms with E-state index in [2.05, 4.69) is 9.73 Å². The van der Waals surface area contributed by atoms with Gasteiger partial charge in [0, 0.05) is 11.6 Å². The lowest BCUT2D eigenvalue weighted by Crippen LogP contribution is -2.29. The largest absolute Gasteiger partial charge is 0.466 e. The van der Waals surface area contributed by atoms with E-state index < -0.39 is 17.8 Å². The van der Waals surface area contributed by atoms with E-state index in [1.54, 1.807) is 24.3 Å². The number of benzene rings is 2. The van der Waals surface area contributed by atoms with E-state index in [1.165, 1.54) is 12.0 Å². The number of rotatable bonds is 3. The Kier molecular flexibility index (Phi) is 5.75. The zero-order chi connectivity index (χ0) is 20.3. The Hall–Kier alpha value is -3.19. The highest BCUT2D eigenvalue weighted by Crippen LogP contribution is 2.35. The van der Waals surface area contributed by atoms with Crippen molar-refractivity contribution >= 4 is 40.4 Å². The normalized spacial score (nSPS) is 16.7. The Balaban J connectivity index is 2.01. The van der Waals surface area contributed by atoms with Crippen LogP contribution in [0, 0.1) is 13.8 Å². The molecule has 0 aromatic heterocycles. The van der Waals surface area contributed by atoms with Gasteiger partial charge in [0.15, 0.2) is 5.17 Å². The van der Waals surface area contributed by atoms with Crippen LogP contribution in [0.4, 0.5) is 5.69 Å². The van der Waals surface area contributed by atoms with Crippen molar-refractivity contribution in [2.24, 2.45) is 4.99 Å². The molecule has 1 heterocycles. The van der Waals surface area contributed by atoms with Gasteiger partial charge in [0.05, 0.1) is 17.7 Å². The van der Waals surface area contributed by atoms with E-state index in [1.807, 2.05) is 38.1 Å². The topological polar surface area (TPSA) is 76.0 Å². The molecule has 1 saturated heterocycles. The predicted octanol–water partition coefficient (Wildman–Crippen LogP) is 3.64. The van der Waals surface area contributed by atoms with Crippen molar-refractivity contribution in [2.45, 2.75) is 13.8 Å². The van der Waals surface area contributed by atoms with Crippen LogP contribution >= 0.6 is 11.8 Å². The van der Waals surface area contributed by atoms with Gasteiger partial charge in [0.1, 0.15) is 0 Å². The fourth-order valence-electron chi connectivity index (χ4n) is 2.48. The van der Waals surface area contributed by atoms with Gasteiger partial charge in [0.2, 0.25) is 0 Å². The molecular weight excluding hydrogens is 376 g/mol. The van der Waals surface area contributed by atoms with Gasteiger partial charge in [0.25, 0.3) is 11.8 Å². The number of ether oxygens (including phenoxy) is 1. The van der Waals surface area contributed by atoms with Crippen LogP contribution in [-0.4, -0.2) is 30.1 Å². The molecule has 0 bridgehead atoms. The third kappa shape index (κ3) is 4.20. The van der Waals surface area contributed by atoms with Gasteiger partial charge >= 0.3 is 5.97 Å². The number of hydrogen-bond acceptors (Lipinski definition) is 5. The van der Waals surface area contributed by atoms with Crippen molar-refractivity contribution in [1.29, 1.82) is 0 Å². The lowest BCUT2D eigenvalue weighted by atomic mass is 10.1. The molecule has 142 valence electrons. The number of carbonyl (C=O) groups excluding carboxylic acids is 3. The third-order valence-corrected chi connectivity index (χ3v) is 5.01. The summed E-state index contributed by atoms with van der Waals surface area (Å²) in [5, 5.41) is 0.189. The summed E-state index contributed by atoms with van der Waals surface area (Å²) in [5.74, 6) is -1.55. The second kappa shape index (κ2) is 8.22. The molecule has 3 rings (SSSR count). The highest BCUT2D eigenvalue weighted by Gasteiger charge is 2.36. The first-order chi connectivity index (χ1) is 13.4. The van der Waals surface area contributed by atoms with E-state index >= 15 is 0 Å². The van der Waals surface area contributed by atoms with Gasteiger partial charge in [-0.25, -0.2) is 4.79 Å². The number of amidine groups is 1. The summed E-state index contributed by atoms with van der Waals surface area (Å²) in [6.07, 6.45) is 1.10. The minimum Gasteiger partial charge on any atom is -0.466 e. The van der Waals surface area contributed by atoms with Gasteiger partial charge in [-0.3, -0.25) is 14.5 Å². The molecule has 28 heavy (non-hydrogen) atoms. The Labute approximate surface area is 166 Å². The number of carbonyl (C=O) groups is 3. The number of aliphatic imine (C=N–C) groups is 1. The second-order valence-corrected chi connectivity index (χ2v) is 7.18. The zero-order valence-corrected chi connectivity index (χ0v) is 16.4. The van der Waals surface area contributed by atoms with Crippen molar-refractivity contribution in [1.82, 2.24) is 0 Å². The molecule has 0 N–H and O–H groups in total. The van der Waals surface area contributed by atoms with Crippen molar-refractivity contribution in [3.05, 3.63) is 76.2 Å². The number of methoxy groups -OCH3 is 1. The number of nitrogens with zero attached hydrogens (tertiary/aromatic N) is 2. The van der Waals surface area contributed by atoms with Crippen LogP contribution in [0.3, 0.4) is 0 Å². The monoisotopic (exact) mass is 394 g/mol. The van der Waals surface area contributed by atoms with Gasteiger partial charge in [-0.05, 0) is 49.9 Å². The average molecular weight is 394 g/mol. The van der Waals surface area contributed by atoms with Crippen LogP contribution in [0.15, 0.2) is 64.5 Å². The Bertz CT molecular complexity index is 992. The Morgan fingerprint density at radius 1 is 1.00 bits per heavy atom. The summed E-state index contributed by atoms with van der Waals surface area (Å²) >= 11 is 0.962. The van der Waals surface area contributed by atoms with Gasteiger partial charge in [-0.2, -0.15) is 4.99 Å². The molecular formula is C21H18N2O4S. The first kappa shape index (κ1) is 19.6. The minimum absolute atomic E-state index is 0.142. The molecule has 2 amide bonds. The predicted molar refractivity (Wildman–Crippen MR) is 109 cm³/mol. The fraction of sp³-hybridized carbons (Fsp3) is 0.143. The summed E-state index contributed by atoms with van der Waals surface area (Å²) in [7, 11) is 1.23. The molecule has 0 unspecified atom stereocenters. The zero-order valence-electron chi connectivity index (χ0n) is 15.6. The van der Waals surface area contributed by atoms with Crippen LogP contribution in [0.5, 0.6) is 0 Å². The molecule has 1 aliphatic rings. The Morgan fingerprint density at radius 2 is 1.57 bits per heavy atom. The summed E-state index contributed by atoms with van der Waals surface area (Å²) in [5.41, 5.74) is 3.04. The van der Waals surface area contributed by atoms with Crippen LogP contribution in [0.2, 0.25) is 0 Å². The smallest absolute Gasteiger partial charge is 0.331 e. The number of anilines is 1. The van der Waals surface area contributed by atoms with Gasteiger partial charge < -0.3 is 4.74 Å². The molecule has 0 spiro atoms. The lowest BCUT2D eigenvalue weighted by molar-refractivity contribution is -0.135. The average Bonchev–Trinajstić information content (AvgIpc) is 2.97. The van der Waals surface area contributed by atoms with Crippen LogP contribution in [0.1, 0.15) is 21.5 Å². The molecule has 7 heteroatoms. The molecule has 2 aromatic rings. The first-order valence-electron chi connectivity index (χ1n) is 8.47. The maximum absolute atomic E-state index is 12.9. The van der Waals surface area contributed by atoms with E-state index in [0.29, 0.717) is 11.3 Å². The van der Waals surface area contributed by atoms with Crippen LogP contribution < -0.4 is 4.90 Å². The number of thioether (sulfide) groups is 1. The van der Waals surface area contributed by atoms with Crippen molar-refractivity contribution in [2.75, 3.05) is 12.0 Å². The highest BCUT2D eigenvalue weighted by molar-refractivity contribution is 8.19. The lowest BCUT2D eigenvalue weighted by Gasteiger charge is -2.15. The number of hydrogen-bond donors (Lipinski definition) is 0. The number of amides is 2. The maximum atomic E-state index is 12.9. The third-order valence-electron chi connectivity index (χ3n) is 4.04. The van der Waals surface area contributed by atoms with Crippen molar-refractivity contribution < 1.29 is 19.1 Å². The summed E-state index contributed by atoms with van der Waals surface area (Å²) in [4.78, 5) is 42.6. The Morgan fingerprint density at radius 3 is 2.14 bits per heavy atom. The molecule has 6 nitrogen and oxygen atoms in total. The molecule has 0 atom stereocenters. The quantitative estimate of drug-likeness (QED) is 0.587. The van der Waals surface area contributed by atoms with Gasteiger partial charge in [-0.1, -0.05) is 35.4 Å². The van der Waals surface area contributed by atoms with Crippen molar-refractivity contribution in [3.8, 4) is 0 Å². The van der Waals surface area contributed by atoms with E-state index in [4.69, 9.17) is 0 Å². The first-order valence-corrected chi connectivity index (χ1v) is 9.29. The van der Waals surface area contributed by atoms with Crippen LogP contribution in [0.25, 0.3) is 0 Å². The molecule has 1 aliphatic heterocycles. The molecule has 0 aliphatic carbocycles. The molecule has 0 saturated carbocycles. The van der Waals surface area contributed by atoms with E-state index in [0.717, 1.165) is 29.0 Å². The molecule has 0 radical (unpaired) electrons. The highest BCUT2D eigenvalue weighted by atomic mass is 32.2. The maximum Gasteiger partial charge on any atom is 0.331 e. The minimum atomic E-state index is -0.647. The van der Waals surface area contributed by atoms with Crippen LogP contribution in [-0.2, 0) is 14.3 Å². The second-order valence-electron chi connectivity index (χ2n) is 6.18. The van der Waals surface area contributed by atoms with E-state index in [-0.39, 0.29) is 10.1 Å². The SMILES string of the molecule is COC(=O)/C=C1\SC(=NC(=O)c2ccc(C)cc2)N(c2ccc(C)cc2)C1=O. The summed E-state index contributed by atoms with van der Waals surface area (Å²) in [6.45, 7) is 3.86. The van der Waals surface area contributed by atoms with E-state index in [9.17, 15) is 14.4 Å². The molecule has 1 fully saturated rings. The summed E-state index contributed by atoms with van der Waals surface area (Å²) in [6, 6.07) is 14.3. The number of aryl methyl sites for hydroxylation is 2. The fourth-order valence-corrected chi connectivity index (χ4v) is 3.42.